The number of nitrogens with zero attached hydrogens (tertiary/aromatic N) is 3. The lowest BCUT2D eigenvalue weighted by atomic mass is 9.91. The first kappa shape index (κ1) is 12.8. The zero-order chi connectivity index (χ0) is 13.1. The Morgan fingerprint density at radius 3 is 2.78 bits per heavy atom. The van der Waals surface area contributed by atoms with Crippen LogP contribution in [0.1, 0.15) is 29.8 Å². The number of carbonyl (C=O) groups is 1. The molecule has 1 fully saturated rings. The number of hydrogen-bond donors (Lipinski definition) is 1. The predicted molar refractivity (Wildman–Crippen MR) is 65.2 cm³/mol. The Labute approximate surface area is 105 Å². The summed E-state index contributed by atoms with van der Waals surface area (Å²) in [5, 5.41) is 13.0. The van der Waals surface area contributed by atoms with E-state index >= 15 is 0 Å². The molecule has 6 heteroatoms. The quantitative estimate of drug-likeness (QED) is 0.802. The molecule has 98 valence electrons. The number of carbonyl (C=O) groups excluding carboxylic acids is 1. The number of aromatic nitrogens is 2. The van der Waals surface area contributed by atoms with Crippen molar-refractivity contribution in [3.63, 3.8) is 0 Å². The average Bonchev–Trinajstić information content (AvgIpc) is 2.29. The molecule has 2 rings (SSSR count). The average molecular weight is 251 g/mol. The third-order valence-corrected chi connectivity index (χ3v) is 3.30. The fourth-order valence-corrected chi connectivity index (χ4v) is 2.02. The molecule has 1 aromatic rings. The molecule has 1 N–H and O–H groups in total. The van der Waals surface area contributed by atoms with Gasteiger partial charge in [-0.25, -0.2) is 4.68 Å². The van der Waals surface area contributed by atoms with Crippen molar-refractivity contribution in [1.82, 2.24) is 14.7 Å². The molecule has 1 heterocycles. The van der Waals surface area contributed by atoms with Crippen LogP contribution < -0.4 is 5.56 Å². The van der Waals surface area contributed by atoms with Crippen LogP contribution in [0.4, 0.5) is 0 Å². The van der Waals surface area contributed by atoms with Crippen molar-refractivity contribution >= 4 is 5.91 Å². The Bertz CT molecular complexity index is 494. The summed E-state index contributed by atoms with van der Waals surface area (Å²) in [5.74, 6) is -0.218. The number of rotatable bonds is 4. The third kappa shape index (κ3) is 2.43. The van der Waals surface area contributed by atoms with E-state index in [1.54, 1.807) is 4.90 Å². The minimum atomic E-state index is -0.246. The minimum Gasteiger partial charge on any atom is -0.395 e. The maximum absolute atomic E-state index is 12.3. The Morgan fingerprint density at radius 2 is 2.28 bits per heavy atom. The number of aryl methyl sites for hydroxylation is 1. The van der Waals surface area contributed by atoms with Gasteiger partial charge in [0.2, 0.25) is 0 Å². The second-order valence-corrected chi connectivity index (χ2v) is 4.49. The van der Waals surface area contributed by atoms with E-state index in [0.717, 1.165) is 23.9 Å². The van der Waals surface area contributed by atoms with Crippen LogP contribution in [-0.2, 0) is 7.05 Å². The van der Waals surface area contributed by atoms with Crippen molar-refractivity contribution in [2.24, 2.45) is 7.05 Å². The second kappa shape index (κ2) is 5.30. The highest BCUT2D eigenvalue weighted by molar-refractivity contribution is 5.92. The van der Waals surface area contributed by atoms with Crippen LogP contribution in [0.5, 0.6) is 0 Å². The van der Waals surface area contributed by atoms with Gasteiger partial charge in [0.25, 0.3) is 11.5 Å². The summed E-state index contributed by atoms with van der Waals surface area (Å²) in [6.07, 6.45) is 3.05. The van der Waals surface area contributed by atoms with Gasteiger partial charge in [-0.15, -0.1) is 0 Å². The smallest absolute Gasteiger partial charge is 0.274 e. The summed E-state index contributed by atoms with van der Waals surface area (Å²) in [6.45, 7) is 0.252. The lowest BCUT2D eigenvalue weighted by Crippen LogP contribution is -2.46. The van der Waals surface area contributed by atoms with Crippen molar-refractivity contribution in [2.45, 2.75) is 25.3 Å². The fraction of sp³-hybridized carbons (Fsp3) is 0.583. The zero-order valence-corrected chi connectivity index (χ0v) is 10.4. The van der Waals surface area contributed by atoms with Crippen LogP contribution in [0.15, 0.2) is 16.9 Å². The fourth-order valence-electron chi connectivity index (χ4n) is 2.02. The van der Waals surface area contributed by atoms with Crippen molar-refractivity contribution < 1.29 is 9.90 Å². The van der Waals surface area contributed by atoms with Crippen LogP contribution >= 0.6 is 0 Å². The molecule has 0 saturated heterocycles. The molecule has 1 aliphatic carbocycles. The molecule has 0 aliphatic heterocycles. The number of aliphatic hydroxyl groups is 1. The van der Waals surface area contributed by atoms with Crippen LogP contribution in [0, 0.1) is 0 Å². The van der Waals surface area contributed by atoms with E-state index in [1.165, 1.54) is 19.2 Å². The van der Waals surface area contributed by atoms with Gasteiger partial charge in [-0.05, 0) is 25.3 Å². The molecule has 0 radical (unpaired) electrons. The highest BCUT2D eigenvalue weighted by Crippen LogP contribution is 2.25. The first-order valence-corrected chi connectivity index (χ1v) is 6.09. The van der Waals surface area contributed by atoms with E-state index in [2.05, 4.69) is 5.10 Å². The molecule has 1 saturated carbocycles. The number of amides is 1. The van der Waals surface area contributed by atoms with Gasteiger partial charge in [-0.2, -0.15) is 5.10 Å². The zero-order valence-electron chi connectivity index (χ0n) is 10.4. The van der Waals surface area contributed by atoms with Crippen molar-refractivity contribution in [1.29, 1.82) is 0 Å². The normalized spacial score (nSPS) is 15.2. The maximum Gasteiger partial charge on any atom is 0.274 e. The molecular weight excluding hydrogens is 234 g/mol. The van der Waals surface area contributed by atoms with Gasteiger partial charge in [0, 0.05) is 25.7 Å². The van der Waals surface area contributed by atoms with E-state index in [1.807, 2.05) is 0 Å². The molecule has 1 amide bonds. The van der Waals surface area contributed by atoms with Gasteiger partial charge in [0.15, 0.2) is 0 Å². The van der Waals surface area contributed by atoms with E-state index in [-0.39, 0.29) is 29.8 Å². The van der Waals surface area contributed by atoms with Crippen molar-refractivity contribution in [2.75, 3.05) is 13.2 Å². The summed E-state index contributed by atoms with van der Waals surface area (Å²) in [6, 6.07) is 2.97. The Morgan fingerprint density at radius 1 is 1.56 bits per heavy atom. The van der Waals surface area contributed by atoms with E-state index in [4.69, 9.17) is 5.11 Å². The standard InChI is InChI=1S/C12H17N3O3/c1-14-11(17)6-5-10(13-14)12(18)15(7-8-16)9-3-2-4-9/h5-6,9,16H,2-4,7-8H2,1H3. The van der Waals surface area contributed by atoms with E-state index in [0.29, 0.717) is 6.54 Å². The van der Waals surface area contributed by atoms with E-state index in [9.17, 15) is 9.59 Å². The minimum absolute atomic E-state index is 0.0615. The van der Waals surface area contributed by atoms with Crippen LogP contribution in [0.2, 0.25) is 0 Å². The van der Waals surface area contributed by atoms with Crippen LogP contribution in [0.25, 0.3) is 0 Å². The molecule has 0 unspecified atom stereocenters. The van der Waals surface area contributed by atoms with Gasteiger partial charge in [-0.3, -0.25) is 9.59 Å². The van der Waals surface area contributed by atoms with Gasteiger partial charge >= 0.3 is 0 Å². The van der Waals surface area contributed by atoms with Crippen molar-refractivity contribution in [3.8, 4) is 0 Å². The van der Waals surface area contributed by atoms with Gasteiger partial charge in [0.05, 0.1) is 6.61 Å². The number of aliphatic hydroxyl groups excluding tert-OH is 1. The Balaban J connectivity index is 2.21. The first-order chi connectivity index (χ1) is 8.63. The molecule has 6 nitrogen and oxygen atoms in total. The van der Waals surface area contributed by atoms with Crippen molar-refractivity contribution in [3.05, 3.63) is 28.2 Å². The Kier molecular flexibility index (Phi) is 3.76. The summed E-state index contributed by atoms with van der Waals surface area (Å²) in [7, 11) is 1.51. The van der Waals surface area contributed by atoms with Crippen LogP contribution in [0.3, 0.4) is 0 Å². The lowest BCUT2D eigenvalue weighted by molar-refractivity contribution is 0.0517. The highest BCUT2D eigenvalue weighted by Gasteiger charge is 2.29. The highest BCUT2D eigenvalue weighted by atomic mass is 16.3. The molecule has 0 spiro atoms. The monoisotopic (exact) mass is 251 g/mol. The van der Waals surface area contributed by atoms with Gasteiger partial charge in [-0.1, -0.05) is 0 Å². The summed E-state index contributed by atoms with van der Waals surface area (Å²) < 4.78 is 1.14. The molecule has 1 aromatic heterocycles. The molecule has 1 aliphatic rings. The molecule has 0 aromatic carbocycles. The topological polar surface area (TPSA) is 75.4 Å². The number of hydrogen-bond acceptors (Lipinski definition) is 4. The van der Waals surface area contributed by atoms with Crippen LogP contribution in [-0.4, -0.2) is 44.9 Å². The third-order valence-electron chi connectivity index (χ3n) is 3.30. The maximum atomic E-state index is 12.3. The Hall–Kier alpha value is -1.69. The summed E-state index contributed by atoms with van der Waals surface area (Å²) in [4.78, 5) is 25.1. The SMILES string of the molecule is Cn1nc(C(=O)N(CCO)C2CCC2)ccc1=O. The predicted octanol–water partition coefficient (Wildman–Crippen LogP) is -0.233. The molecule has 18 heavy (non-hydrogen) atoms. The molecular formula is C12H17N3O3. The largest absolute Gasteiger partial charge is 0.395 e. The first-order valence-electron chi connectivity index (χ1n) is 6.09. The molecule has 0 atom stereocenters. The lowest BCUT2D eigenvalue weighted by Gasteiger charge is -2.37. The van der Waals surface area contributed by atoms with Gasteiger partial charge < -0.3 is 10.0 Å². The summed E-state index contributed by atoms with van der Waals surface area (Å²) >= 11 is 0. The van der Waals surface area contributed by atoms with E-state index < -0.39 is 0 Å². The van der Waals surface area contributed by atoms with Gasteiger partial charge in [0.1, 0.15) is 5.69 Å². The second-order valence-electron chi connectivity index (χ2n) is 4.49. The summed E-state index contributed by atoms with van der Waals surface area (Å²) in [5.41, 5.74) is 0.00125. The molecule has 0 bridgehead atoms.